The van der Waals surface area contributed by atoms with Crippen LogP contribution in [0.1, 0.15) is 45.1 Å². The molecule has 0 aliphatic carbocycles. The summed E-state index contributed by atoms with van der Waals surface area (Å²) in [7, 11) is 1.83. The zero-order valence-corrected chi connectivity index (χ0v) is 17.5. The van der Waals surface area contributed by atoms with Crippen LogP contribution in [0, 0.1) is 5.92 Å². The van der Waals surface area contributed by atoms with Gasteiger partial charge in [-0.1, -0.05) is 30.2 Å². The Kier molecular flexibility index (Phi) is 8.58. The summed E-state index contributed by atoms with van der Waals surface area (Å²) in [5, 5.41) is 4.28. The Labute approximate surface area is 168 Å². The van der Waals surface area contributed by atoms with E-state index in [0.717, 1.165) is 36.4 Å². The van der Waals surface area contributed by atoms with Crippen LogP contribution in [-0.4, -0.2) is 54.3 Å². The molecule has 1 N–H and O–H groups in total. The van der Waals surface area contributed by atoms with Crippen molar-refractivity contribution in [2.45, 2.75) is 52.1 Å². The van der Waals surface area contributed by atoms with Crippen LogP contribution in [-0.2, 0) is 16.1 Å². The van der Waals surface area contributed by atoms with E-state index >= 15 is 0 Å². The van der Waals surface area contributed by atoms with Gasteiger partial charge in [0.15, 0.2) is 0 Å². The van der Waals surface area contributed by atoms with E-state index in [1.807, 2.05) is 50.1 Å². The average Bonchev–Trinajstić information content (AvgIpc) is 2.71. The summed E-state index contributed by atoms with van der Waals surface area (Å²) >= 11 is 6.06. The summed E-state index contributed by atoms with van der Waals surface area (Å²) in [6.45, 7) is 6.74. The Morgan fingerprint density at radius 2 is 2.04 bits per heavy atom. The number of carbonyl (C=O) groups is 2. The molecular formula is C21H32ClN3O2. The van der Waals surface area contributed by atoms with Gasteiger partial charge in [-0.05, 0) is 44.4 Å². The number of rotatable bonds is 6. The molecule has 0 spiro atoms. The van der Waals surface area contributed by atoms with E-state index in [2.05, 4.69) is 5.32 Å². The lowest BCUT2D eigenvalue weighted by atomic mass is 9.95. The highest BCUT2D eigenvalue weighted by atomic mass is 35.5. The Morgan fingerprint density at radius 1 is 1.30 bits per heavy atom. The van der Waals surface area contributed by atoms with Gasteiger partial charge in [-0.15, -0.1) is 0 Å². The van der Waals surface area contributed by atoms with Crippen molar-refractivity contribution in [2.24, 2.45) is 5.92 Å². The van der Waals surface area contributed by atoms with Crippen LogP contribution in [0.3, 0.4) is 0 Å². The Hall–Kier alpha value is -1.59. The highest BCUT2D eigenvalue weighted by Crippen LogP contribution is 2.21. The molecule has 2 amide bonds. The Balaban J connectivity index is 1.99. The number of carbonyl (C=O) groups excluding carboxylic acids is 2. The van der Waals surface area contributed by atoms with Gasteiger partial charge in [-0.2, -0.15) is 0 Å². The maximum absolute atomic E-state index is 12.7. The van der Waals surface area contributed by atoms with Crippen LogP contribution in [0.2, 0.25) is 5.02 Å². The third-order valence-corrected chi connectivity index (χ3v) is 5.59. The number of likely N-dealkylation sites (N-methyl/N-ethyl adjacent to an activating group) is 1. The molecule has 0 bridgehead atoms. The van der Waals surface area contributed by atoms with Crippen molar-refractivity contribution in [3.63, 3.8) is 0 Å². The minimum Gasteiger partial charge on any atom is -0.344 e. The topological polar surface area (TPSA) is 52.7 Å². The molecule has 1 aromatic rings. The predicted octanol–water partition coefficient (Wildman–Crippen LogP) is 3.32. The van der Waals surface area contributed by atoms with Crippen LogP contribution in [0.15, 0.2) is 24.3 Å². The SMILES string of the molecule is CCN(CC)C(=O)C1CCCC(NCc2cccc(Cl)c2)CN(C)C(=O)C1. The maximum Gasteiger partial charge on any atom is 0.226 e. The number of nitrogens with zero attached hydrogens (tertiary/aromatic N) is 2. The lowest BCUT2D eigenvalue weighted by Crippen LogP contribution is -2.42. The molecule has 150 valence electrons. The molecule has 6 heteroatoms. The number of halogens is 1. The molecule has 5 nitrogen and oxygen atoms in total. The van der Waals surface area contributed by atoms with Crippen molar-refractivity contribution >= 4 is 23.4 Å². The highest BCUT2D eigenvalue weighted by molar-refractivity contribution is 6.30. The maximum atomic E-state index is 12.7. The summed E-state index contributed by atoms with van der Waals surface area (Å²) in [4.78, 5) is 29.0. The van der Waals surface area contributed by atoms with Crippen LogP contribution in [0.5, 0.6) is 0 Å². The van der Waals surface area contributed by atoms with E-state index in [0.29, 0.717) is 26.1 Å². The standard InChI is InChI=1S/C21H32ClN3O2/c1-4-25(5-2)21(27)17-9-7-11-19(15-24(3)20(26)13-17)23-14-16-8-6-10-18(22)12-16/h6,8,10,12,17,19,23H,4-5,7,9,11,13-15H2,1-3H3. The van der Waals surface area contributed by atoms with Gasteiger partial charge in [0.25, 0.3) is 0 Å². The average molecular weight is 394 g/mol. The van der Waals surface area contributed by atoms with Crippen molar-refractivity contribution in [3.8, 4) is 0 Å². The predicted molar refractivity (Wildman–Crippen MR) is 110 cm³/mol. The van der Waals surface area contributed by atoms with Crippen LogP contribution >= 0.6 is 11.6 Å². The molecular weight excluding hydrogens is 362 g/mol. The Morgan fingerprint density at radius 3 is 2.70 bits per heavy atom. The second-order valence-electron chi connectivity index (χ2n) is 7.32. The lowest BCUT2D eigenvalue weighted by Gasteiger charge is -2.26. The molecule has 1 aliphatic heterocycles. The second-order valence-corrected chi connectivity index (χ2v) is 7.76. The van der Waals surface area contributed by atoms with Crippen molar-refractivity contribution in [1.82, 2.24) is 15.1 Å². The van der Waals surface area contributed by atoms with E-state index in [4.69, 9.17) is 11.6 Å². The zero-order valence-electron chi connectivity index (χ0n) is 16.7. The van der Waals surface area contributed by atoms with Crippen molar-refractivity contribution in [3.05, 3.63) is 34.9 Å². The summed E-state index contributed by atoms with van der Waals surface area (Å²) in [5.41, 5.74) is 1.13. The quantitative estimate of drug-likeness (QED) is 0.806. The largest absolute Gasteiger partial charge is 0.344 e. The van der Waals surface area contributed by atoms with Gasteiger partial charge in [0.1, 0.15) is 0 Å². The van der Waals surface area contributed by atoms with Crippen molar-refractivity contribution in [2.75, 3.05) is 26.7 Å². The van der Waals surface area contributed by atoms with Gasteiger partial charge in [0.05, 0.1) is 0 Å². The van der Waals surface area contributed by atoms with Gasteiger partial charge in [-0.3, -0.25) is 9.59 Å². The van der Waals surface area contributed by atoms with Crippen LogP contribution < -0.4 is 5.32 Å². The summed E-state index contributed by atoms with van der Waals surface area (Å²) in [6, 6.07) is 8.02. The molecule has 0 radical (unpaired) electrons. The second kappa shape index (κ2) is 10.7. The molecule has 2 unspecified atom stereocenters. The lowest BCUT2D eigenvalue weighted by molar-refractivity contribution is -0.140. The molecule has 1 heterocycles. The third kappa shape index (κ3) is 6.51. The first-order valence-electron chi connectivity index (χ1n) is 9.95. The number of nitrogens with one attached hydrogen (secondary N) is 1. The molecule has 1 aliphatic rings. The summed E-state index contributed by atoms with van der Waals surface area (Å²) < 4.78 is 0. The smallest absolute Gasteiger partial charge is 0.226 e. The molecule has 2 atom stereocenters. The third-order valence-electron chi connectivity index (χ3n) is 5.35. The van der Waals surface area contributed by atoms with E-state index < -0.39 is 0 Å². The number of benzene rings is 1. The van der Waals surface area contributed by atoms with Crippen LogP contribution in [0.4, 0.5) is 0 Å². The molecule has 27 heavy (non-hydrogen) atoms. The fraction of sp³-hybridized carbons (Fsp3) is 0.619. The number of hydrogen-bond donors (Lipinski definition) is 1. The van der Waals surface area contributed by atoms with E-state index in [1.54, 1.807) is 4.90 Å². The van der Waals surface area contributed by atoms with E-state index in [-0.39, 0.29) is 23.8 Å². The Bertz CT molecular complexity index is 634. The van der Waals surface area contributed by atoms with Crippen LogP contribution in [0.25, 0.3) is 0 Å². The summed E-state index contributed by atoms with van der Waals surface area (Å²) in [6.07, 6.45) is 2.96. The first-order valence-corrected chi connectivity index (χ1v) is 10.3. The van der Waals surface area contributed by atoms with Crippen molar-refractivity contribution < 1.29 is 9.59 Å². The molecule has 1 saturated heterocycles. The molecule has 1 fully saturated rings. The van der Waals surface area contributed by atoms with E-state index in [1.165, 1.54) is 0 Å². The molecule has 0 aromatic heterocycles. The van der Waals surface area contributed by atoms with Gasteiger partial charge in [0.2, 0.25) is 11.8 Å². The van der Waals surface area contributed by atoms with E-state index in [9.17, 15) is 9.59 Å². The summed E-state index contributed by atoms with van der Waals surface area (Å²) in [5.74, 6) is -0.0319. The molecule has 0 saturated carbocycles. The minimum absolute atomic E-state index is 0.0527. The molecule has 2 rings (SSSR count). The highest BCUT2D eigenvalue weighted by Gasteiger charge is 2.29. The first-order chi connectivity index (χ1) is 12.9. The van der Waals surface area contributed by atoms with Gasteiger partial charge < -0.3 is 15.1 Å². The van der Waals surface area contributed by atoms with Gasteiger partial charge >= 0.3 is 0 Å². The first kappa shape index (κ1) is 21.7. The zero-order chi connectivity index (χ0) is 19.8. The fourth-order valence-corrected chi connectivity index (χ4v) is 3.90. The normalized spacial score (nSPS) is 21.3. The van der Waals surface area contributed by atoms with Gasteiger partial charge in [-0.25, -0.2) is 0 Å². The number of hydrogen-bond acceptors (Lipinski definition) is 3. The minimum atomic E-state index is -0.202. The van der Waals surface area contributed by atoms with Crippen molar-refractivity contribution in [1.29, 1.82) is 0 Å². The molecule has 1 aromatic carbocycles. The van der Waals surface area contributed by atoms with Gasteiger partial charge in [0, 0.05) is 56.6 Å². The number of amides is 2. The fourth-order valence-electron chi connectivity index (χ4n) is 3.68. The monoisotopic (exact) mass is 393 g/mol.